The normalized spacial score (nSPS) is 17.6. The molecule has 0 bridgehead atoms. The minimum atomic E-state index is -0.466. The Morgan fingerprint density at radius 2 is 1.85 bits per heavy atom. The Labute approximate surface area is 240 Å². The average molecular weight is 559 g/mol. The van der Waals surface area contributed by atoms with E-state index in [2.05, 4.69) is 9.88 Å². The molecule has 41 heavy (non-hydrogen) atoms. The van der Waals surface area contributed by atoms with Crippen LogP contribution in [0.1, 0.15) is 72.3 Å². The van der Waals surface area contributed by atoms with Crippen LogP contribution in [0.4, 0.5) is 0 Å². The molecule has 216 valence electrons. The summed E-state index contributed by atoms with van der Waals surface area (Å²) in [7, 11) is 0. The molecule has 2 aromatic carbocycles. The Balaban J connectivity index is 1.57. The molecule has 1 N–H and O–H groups in total. The van der Waals surface area contributed by atoms with E-state index in [-0.39, 0.29) is 18.4 Å². The summed E-state index contributed by atoms with van der Waals surface area (Å²) in [5.74, 6) is 1.37. The average Bonchev–Trinajstić information content (AvgIpc) is 3.36. The number of aromatic nitrogens is 1. The number of hydrogen-bond acceptors (Lipinski definition) is 8. The molecule has 0 amide bonds. The van der Waals surface area contributed by atoms with Gasteiger partial charge in [0, 0.05) is 47.2 Å². The number of carbonyl (C=O) groups excluding carboxylic acids is 1. The van der Waals surface area contributed by atoms with Crippen LogP contribution in [-0.4, -0.2) is 60.5 Å². The third kappa shape index (κ3) is 5.38. The Morgan fingerprint density at radius 1 is 1.10 bits per heavy atom. The molecule has 1 atom stereocenters. The summed E-state index contributed by atoms with van der Waals surface area (Å²) in [6, 6.07) is 9.29. The Bertz CT molecular complexity index is 1520. The number of furan rings is 1. The Hall–Kier alpha value is -3.62. The molecule has 8 nitrogen and oxygen atoms in total. The van der Waals surface area contributed by atoms with Gasteiger partial charge in [-0.25, -0.2) is 4.79 Å². The predicted molar refractivity (Wildman–Crippen MR) is 157 cm³/mol. The highest BCUT2D eigenvalue weighted by molar-refractivity contribution is 6.17. The van der Waals surface area contributed by atoms with E-state index >= 15 is 0 Å². The van der Waals surface area contributed by atoms with Gasteiger partial charge in [-0.3, -0.25) is 9.88 Å². The van der Waals surface area contributed by atoms with Gasteiger partial charge in [-0.05, 0) is 68.5 Å². The van der Waals surface area contributed by atoms with E-state index in [0.717, 1.165) is 10.9 Å². The van der Waals surface area contributed by atoms with Crippen LogP contribution in [0.25, 0.3) is 21.7 Å². The molecule has 2 aromatic heterocycles. The van der Waals surface area contributed by atoms with Crippen molar-refractivity contribution in [3.8, 4) is 11.5 Å². The molecule has 0 spiro atoms. The fraction of sp³-hybridized carbons (Fsp3) is 0.455. The summed E-state index contributed by atoms with van der Waals surface area (Å²) in [5, 5.41) is 14.1. The molecule has 1 saturated heterocycles. The minimum Gasteiger partial charge on any atom is -0.507 e. The number of pyridine rings is 1. The highest BCUT2D eigenvalue weighted by Gasteiger charge is 2.34. The van der Waals surface area contributed by atoms with E-state index in [1.165, 1.54) is 32.1 Å². The van der Waals surface area contributed by atoms with Crippen LogP contribution in [-0.2, 0) is 9.47 Å². The van der Waals surface area contributed by atoms with Gasteiger partial charge >= 0.3 is 5.97 Å². The van der Waals surface area contributed by atoms with Gasteiger partial charge in [0.1, 0.15) is 28.4 Å². The lowest BCUT2D eigenvalue weighted by atomic mass is 9.89. The number of fused-ring (bicyclic) bond motifs is 3. The molecule has 1 saturated carbocycles. The number of aryl methyl sites for hydroxylation is 1. The van der Waals surface area contributed by atoms with Crippen LogP contribution in [0.3, 0.4) is 0 Å². The van der Waals surface area contributed by atoms with Gasteiger partial charge in [0.15, 0.2) is 0 Å². The fourth-order valence-electron chi connectivity index (χ4n) is 6.49. The molecular formula is C33H38N2O6. The number of phenolic OH excluding ortho intramolecular Hbond substituents is 1. The molecule has 1 aliphatic heterocycles. The summed E-state index contributed by atoms with van der Waals surface area (Å²) in [6.07, 6.45) is 9.71. The summed E-state index contributed by atoms with van der Waals surface area (Å²) in [4.78, 5) is 19.8. The lowest BCUT2D eigenvalue weighted by Gasteiger charge is -2.36. The topological polar surface area (TPSA) is 94.3 Å². The summed E-state index contributed by atoms with van der Waals surface area (Å²) in [5.41, 5.74) is 2.47. The van der Waals surface area contributed by atoms with Crippen molar-refractivity contribution in [2.75, 3.05) is 39.5 Å². The minimum absolute atomic E-state index is 0.107. The van der Waals surface area contributed by atoms with Crippen molar-refractivity contribution in [2.45, 2.75) is 52.0 Å². The van der Waals surface area contributed by atoms with Gasteiger partial charge < -0.3 is 23.7 Å². The number of esters is 1. The summed E-state index contributed by atoms with van der Waals surface area (Å²) >= 11 is 0. The number of nitrogens with zero attached hydrogens (tertiary/aromatic N) is 2. The van der Waals surface area contributed by atoms with E-state index in [9.17, 15) is 9.90 Å². The van der Waals surface area contributed by atoms with Gasteiger partial charge in [-0.2, -0.15) is 0 Å². The number of morpholine rings is 1. The Morgan fingerprint density at radius 3 is 2.59 bits per heavy atom. The van der Waals surface area contributed by atoms with Gasteiger partial charge in [-0.1, -0.05) is 19.3 Å². The summed E-state index contributed by atoms with van der Waals surface area (Å²) in [6.45, 7) is 6.95. The van der Waals surface area contributed by atoms with Crippen LogP contribution < -0.4 is 4.74 Å². The van der Waals surface area contributed by atoms with Crippen LogP contribution in [0.2, 0.25) is 0 Å². The molecule has 2 aliphatic rings. The number of hydrogen-bond donors (Lipinski definition) is 1. The van der Waals surface area contributed by atoms with Crippen molar-refractivity contribution in [3.05, 3.63) is 65.2 Å². The monoisotopic (exact) mass is 558 g/mol. The third-order valence-corrected chi connectivity index (χ3v) is 8.50. The van der Waals surface area contributed by atoms with Gasteiger partial charge in [0.05, 0.1) is 32.5 Å². The van der Waals surface area contributed by atoms with Crippen molar-refractivity contribution >= 4 is 27.7 Å². The third-order valence-electron chi connectivity index (χ3n) is 8.50. The molecule has 6 rings (SSSR count). The van der Waals surface area contributed by atoms with Crippen LogP contribution in [0.15, 0.2) is 47.1 Å². The zero-order valence-electron chi connectivity index (χ0n) is 23.9. The van der Waals surface area contributed by atoms with Crippen molar-refractivity contribution in [1.29, 1.82) is 0 Å². The largest absolute Gasteiger partial charge is 0.507 e. The molecule has 3 heterocycles. The molecule has 1 aliphatic carbocycles. The molecule has 2 fully saturated rings. The van der Waals surface area contributed by atoms with Crippen molar-refractivity contribution < 1.29 is 28.5 Å². The highest BCUT2D eigenvalue weighted by atomic mass is 16.5. The molecule has 4 aromatic rings. The predicted octanol–water partition coefficient (Wildman–Crippen LogP) is 6.55. The number of benzene rings is 2. The second-order valence-corrected chi connectivity index (χ2v) is 11.1. The first kappa shape index (κ1) is 27.5. The van der Waals surface area contributed by atoms with E-state index in [0.29, 0.717) is 77.8 Å². The van der Waals surface area contributed by atoms with E-state index in [4.69, 9.17) is 18.6 Å². The zero-order chi connectivity index (χ0) is 28.3. The lowest BCUT2D eigenvalue weighted by molar-refractivity contribution is 0.0238. The highest BCUT2D eigenvalue weighted by Crippen LogP contribution is 2.48. The maximum Gasteiger partial charge on any atom is 0.342 e. The second-order valence-electron chi connectivity index (χ2n) is 11.1. The van der Waals surface area contributed by atoms with Gasteiger partial charge in [-0.15, -0.1) is 0 Å². The smallest absolute Gasteiger partial charge is 0.342 e. The van der Waals surface area contributed by atoms with Crippen LogP contribution in [0, 0.1) is 12.8 Å². The standard InChI is InChI=1S/C33H38N2O6/c1-3-39-33(37)27-21(2)41-32-25-10-9-24(40-20-22-7-5-4-6-8-22)19-26(25)31(36)29(28(27)32)30(23-11-13-34-14-12-23)35-15-17-38-18-16-35/h9-14,19,22,30,36H,3-8,15-18,20H2,1-2H3. The first-order valence-corrected chi connectivity index (χ1v) is 14.8. The maximum atomic E-state index is 13.3. The fourth-order valence-corrected chi connectivity index (χ4v) is 6.49. The molecule has 8 heteroatoms. The maximum absolute atomic E-state index is 13.3. The number of aromatic hydroxyl groups is 1. The number of ether oxygens (including phenoxy) is 3. The number of phenols is 1. The van der Waals surface area contributed by atoms with Crippen molar-refractivity contribution in [2.24, 2.45) is 5.92 Å². The quantitative estimate of drug-likeness (QED) is 0.243. The Kier molecular flexibility index (Phi) is 8.12. The first-order valence-electron chi connectivity index (χ1n) is 14.8. The SMILES string of the molecule is CCOC(=O)c1c(C)oc2c1c(C(c1ccncc1)N1CCOCC1)c(O)c1cc(OCC3CCCCC3)ccc12. The number of rotatable bonds is 8. The van der Waals surface area contributed by atoms with Crippen molar-refractivity contribution in [3.63, 3.8) is 0 Å². The molecular weight excluding hydrogens is 520 g/mol. The molecule has 0 radical (unpaired) electrons. The van der Waals surface area contributed by atoms with Crippen molar-refractivity contribution in [1.82, 2.24) is 9.88 Å². The van der Waals surface area contributed by atoms with Crippen LogP contribution in [0.5, 0.6) is 11.5 Å². The second kappa shape index (κ2) is 12.1. The van der Waals surface area contributed by atoms with Crippen LogP contribution >= 0.6 is 0 Å². The van der Waals surface area contributed by atoms with E-state index in [1.807, 2.05) is 30.3 Å². The zero-order valence-corrected chi connectivity index (χ0v) is 23.9. The first-order chi connectivity index (χ1) is 20.1. The van der Waals surface area contributed by atoms with E-state index in [1.54, 1.807) is 26.2 Å². The molecule has 1 unspecified atom stereocenters. The lowest BCUT2D eigenvalue weighted by Crippen LogP contribution is -2.39. The van der Waals surface area contributed by atoms with Gasteiger partial charge in [0.25, 0.3) is 0 Å². The van der Waals surface area contributed by atoms with Gasteiger partial charge in [0.2, 0.25) is 0 Å². The number of carbonyl (C=O) groups is 1. The van der Waals surface area contributed by atoms with E-state index < -0.39 is 5.97 Å². The summed E-state index contributed by atoms with van der Waals surface area (Å²) < 4.78 is 23.8.